The van der Waals surface area contributed by atoms with E-state index in [0.29, 0.717) is 13.0 Å². The van der Waals surface area contributed by atoms with Gasteiger partial charge in [0.05, 0.1) is 6.61 Å². The molecular formula is C31H59NO5. The highest BCUT2D eigenvalue weighted by molar-refractivity contribution is 5.84. The van der Waals surface area contributed by atoms with Gasteiger partial charge >= 0.3 is 11.9 Å². The molecule has 0 spiro atoms. The van der Waals surface area contributed by atoms with Crippen LogP contribution in [-0.4, -0.2) is 35.6 Å². The van der Waals surface area contributed by atoms with Gasteiger partial charge in [-0.05, 0) is 25.2 Å². The quantitative estimate of drug-likeness (QED) is 0.0830. The number of carbonyl (C=O) groups is 3. The lowest BCUT2D eigenvalue weighted by Gasteiger charge is -2.17. The van der Waals surface area contributed by atoms with E-state index in [0.717, 1.165) is 44.4 Å². The standard InChI is InChI=1S/C31H59NO5/c1-4-5-6-7-8-9-10-14-17-20-23-29(33)32-28(24-25-30(34)35)31(36)37-26-21-18-15-12-11-13-16-19-22-27(2)3/h27-28H,4-26H2,1-3H3,(H,32,33)(H,34,35)/t28-/m0/s1. The molecule has 6 heteroatoms. The highest BCUT2D eigenvalue weighted by atomic mass is 16.5. The van der Waals surface area contributed by atoms with Gasteiger partial charge in [0.15, 0.2) is 0 Å². The van der Waals surface area contributed by atoms with Crippen molar-refractivity contribution in [1.29, 1.82) is 0 Å². The van der Waals surface area contributed by atoms with E-state index in [1.807, 2.05) is 0 Å². The Labute approximate surface area is 228 Å². The van der Waals surface area contributed by atoms with Crippen molar-refractivity contribution in [2.45, 2.75) is 168 Å². The zero-order valence-corrected chi connectivity index (χ0v) is 24.5. The SMILES string of the molecule is CCCCCCCCCCCCC(=O)N[C@@H](CCC(=O)O)C(=O)OCCCCCCCCCCC(C)C. The normalized spacial score (nSPS) is 12.0. The molecule has 218 valence electrons. The molecule has 0 bridgehead atoms. The predicted molar refractivity (Wildman–Crippen MR) is 153 cm³/mol. The number of hydrogen-bond acceptors (Lipinski definition) is 4. The van der Waals surface area contributed by atoms with Gasteiger partial charge in [0.1, 0.15) is 6.04 Å². The van der Waals surface area contributed by atoms with E-state index in [4.69, 9.17) is 9.84 Å². The molecule has 0 aromatic carbocycles. The Morgan fingerprint density at radius 3 is 1.65 bits per heavy atom. The molecule has 0 fully saturated rings. The van der Waals surface area contributed by atoms with Crippen molar-refractivity contribution in [2.24, 2.45) is 5.92 Å². The van der Waals surface area contributed by atoms with Crippen LogP contribution in [0.5, 0.6) is 0 Å². The fourth-order valence-electron chi connectivity index (χ4n) is 4.54. The molecule has 0 saturated carbocycles. The van der Waals surface area contributed by atoms with Crippen LogP contribution in [0.3, 0.4) is 0 Å². The summed E-state index contributed by atoms with van der Waals surface area (Å²) in [6.07, 6.45) is 22.9. The first kappa shape index (κ1) is 35.4. The molecule has 1 atom stereocenters. The van der Waals surface area contributed by atoms with Gasteiger partial charge in [0.2, 0.25) is 5.91 Å². The third kappa shape index (κ3) is 25.8. The molecule has 1 amide bonds. The fraction of sp³-hybridized carbons (Fsp3) is 0.903. The Kier molecular flexibility index (Phi) is 24.9. The third-order valence-corrected chi connectivity index (χ3v) is 6.94. The van der Waals surface area contributed by atoms with Crippen molar-refractivity contribution in [3.63, 3.8) is 0 Å². The van der Waals surface area contributed by atoms with Crippen molar-refractivity contribution in [1.82, 2.24) is 5.32 Å². The first-order chi connectivity index (χ1) is 17.9. The molecule has 0 aliphatic carbocycles. The first-order valence-electron chi connectivity index (χ1n) is 15.5. The molecule has 0 heterocycles. The number of carboxylic acid groups (broad SMARTS) is 1. The van der Waals surface area contributed by atoms with Crippen LogP contribution in [0.2, 0.25) is 0 Å². The average molecular weight is 526 g/mol. The molecule has 6 nitrogen and oxygen atoms in total. The Morgan fingerprint density at radius 2 is 1.14 bits per heavy atom. The van der Waals surface area contributed by atoms with Crippen LogP contribution < -0.4 is 5.32 Å². The van der Waals surface area contributed by atoms with Gasteiger partial charge in [-0.1, -0.05) is 130 Å². The van der Waals surface area contributed by atoms with Crippen LogP contribution in [0.15, 0.2) is 0 Å². The van der Waals surface area contributed by atoms with E-state index in [9.17, 15) is 14.4 Å². The fourth-order valence-corrected chi connectivity index (χ4v) is 4.54. The van der Waals surface area contributed by atoms with Gasteiger partial charge < -0.3 is 15.2 Å². The van der Waals surface area contributed by atoms with Crippen molar-refractivity contribution < 1.29 is 24.2 Å². The molecule has 0 radical (unpaired) electrons. The van der Waals surface area contributed by atoms with Gasteiger partial charge in [-0.3, -0.25) is 9.59 Å². The summed E-state index contributed by atoms with van der Waals surface area (Å²) in [7, 11) is 0. The maximum absolute atomic E-state index is 12.5. The summed E-state index contributed by atoms with van der Waals surface area (Å²) in [5.74, 6) is -0.890. The number of carboxylic acids is 1. The first-order valence-corrected chi connectivity index (χ1v) is 15.5. The van der Waals surface area contributed by atoms with Crippen LogP contribution in [0.1, 0.15) is 162 Å². The molecular weight excluding hydrogens is 466 g/mol. The third-order valence-electron chi connectivity index (χ3n) is 6.94. The zero-order chi connectivity index (χ0) is 27.6. The highest BCUT2D eigenvalue weighted by Gasteiger charge is 2.23. The van der Waals surface area contributed by atoms with Crippen LogP contribution >= 0.6 is 0 Å². The molecule has 0 rings (SSSR count). The number of unbranched alkanes of at least 4 members (excludes halogenated alkanes) is 16. The second-order valence-corrected chi connectivity index (χ2v) is 11.2. The van der Waals surface area contributed by atoms with Crippen molar-refractivity contribution in [2.75, 3.05) is 6.61 Å². The maximum Gasteiger partial charge on any atom is 0.328 e. The van der Waals surface area contributed by atoms with Gasteiger partial charge in [-0.25, -0.2) is 4.79 Å². The smallest absolute Gasteiger partial charge is 0.328 e. The number of aliphatic carboxylic acids is 1. The largest absolute Gasteiger partial charge is 0.481 e. The molecule has 0 unspecified atom stereocenters. The summed E-state index contributed by atoms with van der Waals surface area (Å²) < 4.78 is 5.38. The van der Waals surface area contributed by atoms with E-state index < -0.39 is 18.0 Å². The van der Waals surface area contributed by atoms with Gasteiger partial charge in [-0.15, -0.1) is 0 Å². The number of nitrogens with one attached hydrogen (secondary N) is 1. The van der Waals surface area contributed by atoms with Crippen molar-refractivity contribution in [3.8, 4) is 0 Å². The number of ether oxygens (including phenoxy) is 1. The van der Waals surface area contributed by atoms with E-state index in [1.165, 1.54) is 83.5 Å². The van der Waals surface area contributed by atoms with Crippen LogP contribution in [-0.2, 0) is 19.1 Å². The summed E-state index contributed by atoms with van der Waals surface area (Å²) in [5.41, 5.74) is 0. The Bertz CT molecular complexity index is 564. The monoisotopic (exact) mass is 525 g/mol. The van der Waals surface area contributed by atoms with Gasteiger partial charge in [0, 0.05) is 12.8 Å². The average Bonchev–Trinajstić information content (AvgIpc) is 2.85. The van der Waals surface area contributed by atoms with Gasteiger partial charge in [0.25, 0.3) is 0 Å². The molecule has 37 heavy (non-hydrogen) atoms. The summed E-state index contributed by atoms with van der Waals surface area (Å²) in [6.45, 7) is 7.10. The minimum atomic E-state index is -0.981. The lowest BCUT2D eigenvalue weighted by molar-refractivity contribution is -0.148. The van der Waals surface area contributed by atoms with Crippen LogP contribution in [0, 0.1) is 5.92 Å². The molecule has 2 N–H and O–H groups in total. The molecule has 0 aliphatic heterocycles. The number of rotatable bonds is 27. The number of amides is 1. The number of hydrogen-bond donors (Lipinski definition) is 2. The highest BCUT2D eigenvalue weighted by Crippen LogP contribution is 2.13. The van der Waals surface area contributed by atoms with E-state index in [1.54, 1.807) is 0 Å². The number of carbonyl (C=O) groups excluding carboxylic acids is 2. The van der Waals surface area contributed by atoms with Crippen LogP contribution in [0.4, 0.5) is 0 Å². The summed E-state index contributed by atoms with van der Waals surface area (Å²) in [5, 5.41) is 11.7. The van der Waals surface area contributed by atoms with Crippen molar-refractivity contribution >= 4 is 17.8 Å². The summed E-state index contributed by atoms with van der Waals surface area (Å²) in [4.78, 5) is 35.8. The second kappa shape index (κ2) is 26.0. The van der Waals surface area contributed by atoms with Crippen molar-refractivity contribution in [3.05, 3.63) is 0 Å². The van der Waals surface area contributed by atoms with E-state index in [2.05, 4.69) is 26.1 Å². The van der Waals surface area contributed by atoms with E-state index in [-0.39, 0.29) is 18.7 Å². The molecule has 0 aliphatic rings. The topological polar surface area (TPSA) is 92.7 Å². The Morgan fingerprint density at radius 1 is 0.649 bits per heavy atom. The van der Waals surface area contributed by atoms with Crippen LogP contribution in [0.25, 0.3) is 0 Å². The summed E-state index contributed by atoms with van der Waals surface area (Å²) in [6, 6.07) is -0.877. The molecule has 0 aromatic rings. The minimum Gasteiger partial charge on any atom is -0.481 e. The minimum absolute atomic E-state index is 0.0642. The number of esters is 1. The van der Waals surface area contributed by atoms with E-state index >= 15 is 0 Å². The maximum atomic E-state index is 12.5. The molecule has 0 saturated heterocycles. The zero-order valence-electron chi connectivity index (χ0n) is 24.5. The Balaban J connectivity index is 3.97. The summed E-state index contributed by atoms with van der Waals surface area (Å²) >= 11 is 0. The second-order valence-electron chi connectivity index (χ2n) is 11.2. The lowest BCUT2D eigenvalue weighted by Crippen LogP contribution is -2.42. The lowest BCUT2D eigenvalue weighted by atomic mass is 10.0. The molecule has 0 aromatic heterocycles. The van der Waals surface area contributed by atoms with Gasteiger partial charge in [-0.2, -0.15) is 0 Å². The Hall–Kier alpha value is -1.59. The predicted octanol–water partition coefficient (Wildman–Crippen LogP) is 8.36.